The lowest BCUT2D eigenvalue weighted by Crippen LogP contribution is -2.29. The van der Waals surface area contributed by atoms with Crippen molar-refractivity contribution in [2.24, 2.45) is 0 Å². The molecule has 0 bridgehead atoms. The number of carbonyl (C=O) groups excluding carboxylic acids is 1. The molecule has 0 radical (unpaired) electrons. The minimum atomic E-state index is -0.138. The van der Waals surface area contributed by atoms with E-state index < -0.39 is 0 Å². The molecule has 98 valence electrons. The van der Waals surface area contributed by atoms with Crippen LogP contribution in [0.25, 0.3) is 0 Å². The number of benzene rings is 1. The van der Waals surface area contributed by atoms with Crippen LogP contribution in [0.1, 0.15) is 28.9 Å². The van der Waals surface area contributed by atoms with Crippen molar-refractivity contribution in [2.75, 3.05) is 7.05 Å². The Morgan fingerprint density at radius 3 is 2.37 bits per heavy atom. The number of phenols is 1. The third-order valence-corrected chi connectivity index (χ3v) is 3.08. The number of hydrogen-bond acceptors (Lipinski definition) is 4. The summed E-state index contributed by atoms with van der Waals surface area (Å²) in [5.74, 6) is 0.0718. The van der Waals surface area contributed by atoms with Gasteiger partial charge in [0.2, 0.25) is 0 Å². The first kappa shape index (κ1) is 13.0. The SMILES string of the molecule is CC(c1ccc(O)cc1)N(C)C(=O)c1cncnc1. The topological polar surface area (TPSA) is 66.3 Å². The minimum absolute atomic E-state index is 0.103. The summed E-state index contributed by atoms with van der Waals surface area (Å²) in [7, 11) is 1.73. The van der Waals surface area contributed by atoms with Gasteiger partial charge in [0.1, 0.15) is 12.1 Å². The van der Waals surface area contributed by atoms with Crippen LogP contribution in [0, 0.1) is 0 Å². The number of aromatic hydroxyl groups is 1. The number of carbonyl (C=O) groups is 1. The van der Waals surface area contributed by atoms with E-state index in [-0.39, 0.29) is 17.7 Å². The summed E-state index contributed by atoms with van der Waals surface area (Å²) in [5.41, 5.74) is 1.40. The van der Waals surface area contributed by atoms with Crippen LogP contribution in [-0.4, -0.2) is 32.9 Å². The Balaban J connectivity index is 2.17. The van der Waals surface area contributed by atoms with Crippen LogP contribution in [0.2, 0.25) is 0 Å². The Morgan fingerprint density at radius 2 is 1.79 bits per heavy atom. The van der Waals surface area contributed by atoms with Gasteiger partial charge in [0.15, 0.2) is 0 Å². The summed E-state index contributed by atoms with van der Waals surface area (Å²) < 4.78 is 0. The first-order chi connectivity index (χ1) is 9.09. The van der Waals surface area contributed by atoms with Crippen molar-refractivity contribution in [3.63, 3.8) is 0 Å². The number of rotatable bonds is 3. The first-order valence-electron chi connectivity index (χ1n) is 5.90. The monoisotopic (exact) mass is 257 g/mol. The first-order valence-corrected chi connectivity index (χ1v) is 5.90. The van der Waals surface area contributed by atoms with Gasteiger partial charge in [-0.2, -0.15) is 0 Å². The van der Waals surface area contributed by atoms with E-state index in [0.29, 0.717) is 5.56 Å². The number of aromatic nitrogens is 2. The lowest BCUT2D eigenvalue weighted by Gasteiger charge is -2.25. The van der Waals surface area contributed by atoms with Crippen molar-refractivity contribution in [3.05, 3.63) is 54.1 Å². The van der Waals surface area contributed by atoms with Crippen molar-refractivity contribution < 1.29 is 9.90 Å². The standard InChI is InChI=1S/C14H15N3O2/c1-10(11-3-5-13(18)6-4-11)17(2)14(19)12-7-15-9-16-8-12/h3-10,18H,1-2H3. The van der Waals surface area contributed by atoms with Gasteiger partial charge in [0.05, 0.1) is 11.6 Å². The quantitative estimate of drug-likeness (QED) is 0.913. The molecule has 0 aliphatic rings. The fourth-order valence-electron chi connectivity index (χ4n) is 1.77. The van der Waals surface area contributed by atoms with Crippen molar-refractivity contribution in [3.8, 4) is 5.75 Å². The van der Waals surface area contributed by atoms with E-state index >= 15 is 0 Å². The van der Waals surface area contributed by atoms with Crippen molar-refractivity contribution in [2.45, 2.75) is 13.0 Å². The predicted molar refractivity (Wildman–Crippen MR) is 70.6 cm³/mol. The summed E-state index contributed by atoms with van der Waals surface area (Å²) in [4.78, 5) is 21.5. The zero-order chi connectivity index (χ0) is 13.8. The normalized spacial score (nSPS) is 11.9. The molecule has 1 atom stereocenters. The van der Waals surface area contributed by atoms with Crippen LogP contribution in [0.15, 0.2) is 43.0 Å². The van der Waals surface area contributed by atoms with Crippen molar-refractivity contribution in [1.29, 1.82) is 0 Å². The summed E-state index contributed by atoms with van der Waals surface area (Å²) in [6.07, 6.45) is 4.38. The zero-order valence-corrected chi connectivity index (χ0v) is 10.8. The largest absolute Gasteiger partial charge is 0.508 e. The molecule has 0 aliphatic heterocycles. The molecule has 19 heavy (non-hydrogen) atoms. The highest BCUT2D eigenvalue weighted by Crippen LogP contribution is 2.22. The maximum atomic E-state index is 12.2. The van der Waals surface area contributed by atoms with E-state index in [9.17, 15) is 9.90 Å². The molecule has 2 aromatic rings. The smallest absolute Gasteiger partial charge is 0.257 e. The molecule has 2 rings (SSSR count). The molecular formula is C14H15N3O2. The molecule has 5 nitrogen and oxygen atoms in total. The summed E-state index contributed by atoms with van der Waals surface area (Å²) in [5, 5.41) is 9.27. The summed E-state index contributed by atoms with van der Waals surface area (Å²) >= 11 is 0. The van der Waals surface area contributed by atoms with Gasteiger partial charge in [-0.25, -0.2) is 9.97 Å². The highest BCUT2D eigenvalue weighted by Gasteiger charge is 2.19. The molecule has 0 fully saturated rings. The highest BCUT2D eigenvalue weighted by molar-refractivity contribution is 5.93. The van der Waals surface area contributed by atoms with E-state index in [1.165, 1.54) is 18.7 Å². The minimum Gasteiger partial charge on any atom is -0.508 e. The number of amides is 1. The maximum Gasteiger partial charge on any atom is 0.257 e. The zero-order valence-electron chi connectivity index (χ0n) is 10.8. The van der Waals surface area contributed by atoms with Gasteiger partial charge in [0, 0.05) is 19.4 Å². The Hall–Kier alpha value is -2.43. The second kappa shape index (κ2) is 5.48. The Labute approximate surface area is 111 Å². The molecule has 0 spiro atoms. The average Bonchev–Trinajstić information content (AvgIpc) is 2.46. The lowest BCUT2D eigenvalue weighted by molar-refractivity contribution is 0.0741. The van der Waals surface area contributed by atoms with Crippen LogP contribution >= 0.6 is 0 Å². The van der Waals surface area contributed by atoms with E-state index in [0.717, 1.165) is 5.56 Å². The van der Waals surface area contributed by atoms with Crippen molar-refractivity contribution >= 4 is 5.91 Å². The summed E-state index contributed by atoms with van der Waals surface area (Å²) in [6.45, 7) is 1.92. The van der Waals surface area contributed by atoms with E-state index in [1.54, 1.807) is 36.2 Å². The molecule has 1 aromatic carbocycles. The van der Waals surface area contributed by atoms with Crippen LogP contribution in [-0.2, 0) is 0 Å². The van der Waals surface area contributed by atoms with Crippen molar-refractivity contribution in [1.82, 2.24) is 14.9 Å². The van der Waals surface area contributed by atoms with E-state index in [2.05, 4.69) is 9.97 Å². The average molecular weight is 257 g/mol. The lowest BCUT2D eigenvalue weighted by atomic mass is 10.1. The third kappa shape index (κ3) is 2.88. The van der Waals surface area contributed by atoms with Crippen LogP contribution in [0.4, 0.5) is 0 Å². The van der Waals surface area contributed by atoms with Gasteiger partial charge in [-0.05, 0) is 24.6 Å². The molecule has 1 amide bonds. The second-order valence-electron chi connectivity index (χ2n) is 4.31. The molecular weight excluding hydrogens is 242 g/mol. The fraction of sp³-hybridized carbons (Fsp3) is 0.214. The molecule has 1 heterocycles. The van der Waals surface area contributed by atoms with Gasteiger partial charge in [-0.15, -0.1) is 0 Å². The van der Waals surface area contributed by atoms with E-state index in [1.807, 2.05) is 6.92 Å². The Kier molecular flexibility index (Phi) is 3.75. The van der Waals surface area contributed by atoms with Crippen LogP contribution < -0.4 is 0 Å². The third-order valence-electron chi connectivity index (χ3n) is 3.08. The van der Waals surface area contributed by atoms with Crippen LogP contribution in [0.5, 0.6) is 5.75 Å². The molecule has 0 saturated carbocycles. The predicted octanol–water partition coefficient (Wildman–Crippen LogP) is 2.02. The molecule has 0 saturated heterocycles. The molecule has 1 aromatic heterocycles. The number of hydrogen-bond donors (Lipinski definition) is 1. The number of phenolic OH excluding ortho intramolecular Hbond substituents is 1. The van der Waals surface area contributed by atoms with Gasteiger partial charge >= 0.3 is 0 Å². The van der Waals surface area contributed by atoms with Gasteiger partial charge in [-0.1, -0.05) is 12.1 Å². The van der Waals surface area contributed by atoms with Crippen LogP contribution in [0.3, 0.4) is 0 Å². The summed E-state index contributed by atoms with van der Waals surface area (Å²) in [6, 6.07) is 6.70. The molecule has 0 aliphatic carbocycles. The fourth-order valence-corrected chi connectivity index (χ4v) is 1.77. The molecule has 5 heteroatoms. The highest BCUT2D eigenvalue weighted by atomic mass is 16.3. The molecule has 1 unspecified atom stereocenters. The Bertz CT molecular complexity index is 555. The second-order valence-corrected chi connectivity index (χ2v) is 4.31. The maximum absolute atomic E-state index is 12.2. The van der Waals surface area contributed by atoms with E-state index in [4.69, 9.17) is 0 Å². The molecule has 1 N–H and O–H groups in total. The van der Waals surface area contributed by atoms with Gasteiger partial charge < -0.3 is 10.0 Å². The van der Waals surface area contributed by atoms with Gasteiger partial charge in [-0.3, -0.25) is 4.79 Å². The number of nitrogens with zero attached hydrogens (tertiary/aromatic N) is 3. The Morgan fingerprint density at radius 1 is 1.21 bits per heavy atom. The van der Waals surface area contributed by atoms with Gasteiger partial charge in [0.25, 0.3) is 5.91 Å².